The van der Waals surface area contributed by atoms with E-state index in [1.54, 1.807) is 13.2 Å². The minimum absolute atomic E-state index is 0. The van der Waals surface area contributed by atoms with Crippen LogP contribution in [0.4, 0.5) is 32.3 Å². The minimum Gasteiger partial charge on any atom is -0.550 e. The Labute approximate surface area is 355 Å². The van der Waals surface area contributed by atoms with Crippen LogP contribution in [0.1, 0.15) is 97.9 Å². The summed E-state index contributed by atoms with van der Waals surface area (Å²) in [6, 6.07) is 11.1. The zero-order valence-electron chi connectivity index (χ0n) is 32.7. The third-order valence-electron chi connectivity index (χ3n) is 10.4. The van der Waals surface area contributed by atoms with E-state index in [0.717, 1.165) is 62.5 Å². The summed E-state index contributed by atoms with van der Waals surface area (Å²) >= 11 is 0. The fraction of sp³-hybridized carbons (Fsp3) is 0.452. The summed E-state index contributed by atoms with van der Waals surface area (Å²) < 4.78 is 108. The van der Waals surface area contributed by atoms with Gasteiger partial charge in [-0.2, -0.15) is 26.3 Å². The van der Waals surface area contributed by atoms with Gasteiger partial charge in [-0.1, -0.05) is 18.9 Å². The molecule has 0 N–H and O–H groups in total. The van der Waals surface area contributed by atoms with Gasteiger partial charge in [0.15, 0.2) is 17.2 Å². The Hall–Kier alpha value is -4.21. The van der Waals surface area contributed by atoms with Crippen LogP contribution in [0.15, 0.2) is 60.9 Å². The minimum atomic E-state index is -5.05. The van der Waals surface area contributed by atoms with Crippen LogP contribution < -0.4 is 58.5 Å². The van der Waals surface area contributed by atoms with Crippen molar-refractivity contribution >= 4 is 11.9 Å². The van der Waals surface area contributed by atoms with Gasteiger partial charge in [0, 0.05) is 24.6 Å². The number of carbonyl (C=O) groups excluding carboxylic acids is 1. The maximum absolute atomic E-state index is 14.0. The molecule has 4 aromatic rings. The second-order valence-corrected chi connectivity index (χ2v) is 14.4. The fourth-order valence-corrected chi connectivity index (χ4v) is 7.56. The molecule has 16 heteroatoms. The number of nitrogens with zero attached hydrogens (tertiary/aromatic N) is 3. The van der Waals surface area contributed by atoms with Crippen LogP contribution in [0.5, 0.6) is 23.0 Å². The number of methoxy groups -OCH3 is 2. The Kier molecular flexibility index (Phi) is 15.2. The monoisotopic (exact) mass is 823 g/mol. The largest absolute Gasteiger partial charge is 1.00 e. The van der Waals surface area contributed by atoms with E-state index >= 15 is 0 Å². The number of hydrogen-bond donors (Lipinski definition) is 0. The molecule has 6 rings (SSSR count). The third kappa shape index (κ3) is 11.5. The first-order valence-corrected chi connectivity index (χ1v) is 19.0. The molecule has 58 heavy (non-hydrogen) atoms. The molecule has 0 atom stereocenters. The standard InChI is InChI=1S/C42H45F6N3O6.Na/c1-54-36-14-13-28(27-8-3-4-9-27)18-35(36)34-21-38(57-32-10-5-6-11-32)37(55-2)19-29(34)25-51(40-49-22-33(23-50-40)56-15-7-12-39(52)53)24-26-16-30(41(43,44)45)20-31(17-26)42(46,47)48;/h13-14,16-23,27,32H,3-12,15,24-25H2,1-2H3,(H,52,53);/q;+1/p-1. The number of carbonyl (C=O) groups is 1. The van der Waals surface area contributed by atoms with E-state index < -0.39 is 36.0 Å². The predicted molar refractivity (Wildman–Crippen MR) is 197 cm³/mol. The fourth-order valence-electron chi connectivity index (χ4n) is 7.56. The number of hydrogen-bond acceptors (Lipinski definition) is 9. The number of alkyl halides is 6. The zero-order valence-corrected chi connectivity index (χ0v) is 34.7. The predicted octanol–water partition coefficient (Wildman–Crippen LogP) is 6.30. The number of aromatic nitrogens is 2. The maximum Gasteiger partial charge on any atom is 1.00 e. The molecule has 2 saturated carbocycles. The Morgan fingerprint density at radius 2 is 1.40 bits per heavy atom. The first kappa shape index (κ1) is 44.9. The van der Waals surface area contributed by atoms with Gasteiger partial charge < -0.3 is 33.7 Å². The summed E-state index contributed by atoms with van der Waals surface area (Å²) in [7, 11) is 3.05. The van der Waals surface area contributed by atoms with Crippen molar-refractivity contribution in [2.75, 3.05) is 25.7 Å². The summed E-state index contributed by atoms with van der Waals surface area (Å²) in [6.45, 7) is -0.541. The Morgan fingerprint density at radius 1 is 0.776 bits per heavy atom. The molecular weight excluding hydrogens is 779 g/mol. The number of halogens is 6. The van der Waals surface area contributed by atoms with Gasteiger partial charge in [-0.25, -0.2) is 9.97 Å². The second kappa shape index (κ2) is 19.7. The number of anilines is 1. The second-order valence-electron chi connectivity index (χ2n) is 14.4. The van der Waals surface area contributed by atoms with E-state index in [1.807, 2.05) is 18.2 Å². The Bertz CT molecular complexity index is 1970. The summed E-state index contributed by atoms with van der Waals surface area (Å²) in [4.78, 5) is 21.1. The van der Waals surface area contributed by atoms with Crippen molar-refractivity contribution in [1.29, 1.82) is 0 Å². The average Bonchev–Trinajstić information content (AvgIpc) is 3.91. The van der Waals surface area contributed by atoms with E-state index in [9.17, 15) is 36.2 Å². The molecule has 1 heterocycles. The summed E-state index contributed by atoms with van der Waals surface area (Å²) in [5.41, 5.74) is -0.0627. The molecule has 0 saturated heterocycles. The van der Waals surface area contributed by atoms with Crippen LogP contribution in [0.3, 0.4) is 0 Å². The van der Waals surface area contributed by atoms with Gasteiger partial charge in [0.05, 0.1) is 50.5 Å². The van der Waals surface area contributed by atoms with Crippen molar-refractivity contribution < 1.29 is 84.7 Å². The van der Waals surface area contributed by atoms with Gasteiger partial charge in [-0.05, 0) is 122 Å². The number of aliphatic carboxylic acids is 1. The zero-order chi connectivity index (χ0) is 40.7. The van der Waals surface area contributed by atoms with Crippen molar-refractivity contribution in [3.63, 3.8) is 0 Å². The van der Waals surface area contributed by atoms with E-state index in [0.29, 0.717) is 46.4 Å². The Morgan fingerprint density at radius 3 is 1.98 bits per heavy atom. The van der Waals surface area contributed by atoms with E-state index in [4.69, 9.17) is 18.9 Å². The van der Waals surface area contributed by atoms with Gasteiger partial charge in [0.2, 0.25) is 5.95 Å². The van der Waals surface area contributed by atoms with Crippen molar-refractivity contribution in [3.8, 4) is 34.1 Å². The molecule has 0 aliphatic heterocycles. The molecule has 306 valence electrons. The molecule has 9 nitrogen and oxygen atoms in total. The molecule has 0 unspecified atom stereocenters. The topological polar surface area (TPSA) is 106 Å². The SMILES string of the molecule is COc1cc(CN(Cc2cc(C(F)(F)F)cc(C(F)(F)F)c2)c2ncc(OCCCC(=O)[O-])cn2)c(-c2cc(C3CCCC3)ccc2OC)cc1OC1CCCC1.[Na+]. The number of carboxylic acid groups (broad SMARTS) is 1. The van der Waals surface area contributed by atoms with Gasteiger partial charge >= 0.3 is 41.9 Å². The van der Waals surface area contributed by atoms with Gasteiger partial charge in [-0.3, -0.25) is 0 Å². The van der Waals surface area contributed by atoms with Crippen LogP contribution in [0.2, 0.25) is 0 Å². The smallest absolute Gasteiger partial charge is 0.550 e. The van der Waals surface area contributed by atoms with Crippen molar-refractivity contribution in [2.45, 2.75) is 102 Å². The van der Waals surface area contributed by atoms with Gasteiger partial charge in [-0.15, -0.1) is 0 Å². The number of rotatable bonds is 16. The van der Waals surface area contributed by atoms with E-state index in [1.165, 1.54) is 24.4 Å². The quantitative estimate of drug-likeness (QED) is 0.0732. The normalized spacial score (nSPS) is 14.9. The molecule has 0 amide bonds. The molecule has 2 aliphatic rings. The van der Waals surface area contributed by atoms with Crippen LogP contribution >= 0.6 is 0 Å². The molecule has 2 aliphatic carbocycles. The number of ether oxygens (including phenoxy) is 4. The molecule has 0 bridgehead atoms. The summed E-state index contributed by atoms with van der Waals surface area (Å²) in [5, 5.41) is 10.8. The first-order valence-electron chi connectivity index (χ1n) is 19.0. The maximum atomic E-state index is 14.0. The van der Waals surface area contributed by atoms with Gasteiger partial charge in [0.1, 0.15) is 5.75 Å². The van der Waals surface area contributed by atoms with Crippen molar-refractivity contribution in [1.82, 2.24) is 9.97 Å². The molecule has 2 fully saturated rings. The third-order valence-corrected chi connectivity index (χ3v) is 10.4. The molecule has 0 radical (unpaired) electrons. The van der Waals surface area contributed by atoms with E-state index in [-0.39, 0.29) is 85.0 Å². The van der Waals surface area contributed by atoms with Crippen molar-refractivity contribution in [2.24, 2.45) is 0 Å². The summed E-state index contributed by atoms with van der Waals surface area (Å²) in [5.74, 6) is 0.719. The van der Waals surface area contributed by atoms with Crippen LogP contribution in [0, 0.1) is 0 Å². The molecular formula is C42H44F6N3NaO6. The Balaban J connectivity index is 0.00000641. The molecule has 0 spiro atoms. The van der Waals surface area contributed by atoms with Gasteiger partial charge in [0.25, 0.3) is 0 Å². The molecule has 3 aromatic carbocycles. The molecule has 1 aromatic heterocycles. The average molecular weight is 824 g/mol. The first-order chi connectivity index (χ1) is 27.2. The number of benzene rings is 3. The van der Waals surface area contributed by atoms with Crippen LogP contribution in [-0.2, 0) is 30.2 Å². The number of carboxylic acids is 1. The van der Waals surface area contributed by atoms with Crippen LogP contribution in [0.25, 0.3) is 11.1 Å². The van der Waals surface area contributed by atoms with E-state index in [2.05, 4.69) is 16.0 Å². The summed E-state index contributed by atoms with van der Waals surface area (Å²) in [6.07, 6.45) is 0.506. The van der Waals surface area contributed by atoms with Crippen molar-refractivity contribution in [3.05, 3.63) is 88.7 Å². The van der Waals surface area contributed by atoms with Crippen LogP contribution in [-0.4, -0.2) is 42.9 Å².